The summed E-state index contributed by atoms with van der Waals surface area (Å²) in [6, 6.07) is 14.8. The maximum atomic E-state index is 12.1. The normalized spacial score (nSPS) is 11.0. The van der Waals surface area contributed by atoms with Crippen LogP contribution in [-0.2, 0) is 17.6 Å². The van der Waals surface area contributed by atoms with Crippen LogP contribution in [0.2, 0.25) is 0 Å². The second-order valence-corrected chi connectivity index (χ2v) is 6.22. The van der Waals surface area contributed by atoms with Crippen LogP contribution in [0.15, 0.2) is 42.5 Å². The van der Waals surface area contributed by atoms with Crippen LogP contribution in [0, 0.1) is 0 Å². The molecule has 0 radical (unpaired) electrons. The third-order valence-corrected chi connectivity index (χ3v) is 4.46. The lowest BCUT2D eigenvalue weighted by atomic mass is 9.98. The molecule has 130 valence electrons. The molecule has 0 atom stereocenters. The summed E-state index contributed by atoms with van der Waals surface area (Å²) in [5.41, 5.74) is 2.47. The number of aryl methyl sites for hydroxylation is 2. The lowest BCUT2D eigenvalue weighted by Crippen LogP contribution is -2.11. The lowest BCUT2D eigenvalue weighted by Gasteiger charge is -2.13. The van der Waals surface area contributed by atoms with Crippen molar-refractivity contribution in [2.45, 2.75) is 40.0 Å². The quantitative estimate of drug-likeness (QED) is 0.323. The van der Waals surface area contributed by atoms with Gasteiger partial charge in [-0.1, -0.05) is 51.1 Å². The molecule has 3 nitrogen and oxygen atoms in total. The minimum absolute atomic E-state index is 0.363. The molecular formula is C22H24O3. The Labute approximate surface area is 148 Å². The molecule has 3 rings (SSSR count). The first-order valence-corrected chi connectivity index (χ1v) is 8.99. The number of carbonyl (C=O) groups excluding carboxylic acids is 1. The molecule has 3 aromatic carbocycles. The Morgan fingerprint density at radius 3 is 2.28 bits per heavy atom. The number of hydrogen-bond acceptors (Lipinski definition) is 3. The van der Waals surface area contributed by atoms with Crippen molar-refractivity contribution in [3.05, 3.63) is 53.6 Å². The predicted molar refractivity (Wildman–Crippen MR) is 102 cm³/mol. The maximum Gasteiger partial charge on any atom is 0.513 e. The van der Waals surface area contributed by atoms with Crippen molar-refractivity contribution in [1.82, 2.24) is 0 Å². The number of hydrogen-bond donors (Lipinski definition) is 0. The van der Waals surface area contributed by atoms with Crippen LogP contribution in [0.4, 0.5) is 4.79 Å². The van der Waals surface area contributed by atoms with Gasteiger partial charge in [0.15, 0.2) is 0 Å². The van der Waals surface area contributed by atoms with Crippen LogP contribution in [0.5, 0.6) is 5.75 Å². The number of benzene rings is 3. The van der Waals surface area contributed by atoms with E-state index < -0.39 is 6.16 Å². The van der Waals surface area contributed by atoms with E-state index in [2.05, 4.69) is 50.2 Å². The summed E-state index contributed by atoms with van der Waals surface area (Å²) >= 11 is 0. The number of rotatable bonds is 5. The van der Waals surface area contributed by atoms with Gasteiger partial charge in [0.05, 0.1) is 6.61 Å². The summed E-state index contributed by atoms with van der Waals surface area (Å²) in [5.74, 6) is 0.589. The van der Waals surface area contributed by atoms with Crippen molar-refractivity contribution in [2.75, 3.05) is 6.61 Å². The monoisotopic (exact) mass is 336 g/mol. The van der Waals surface area contributed by atoms with Gasteiger partial charge in [0.2, 0.25) is 0 Å². The van der Waals surface area contributed by atoms with Crippen molar-refractivity contribution in [2.24, 2.45) is 0 Å². The third kappa shape index (κ3) is 3.60. The number of fused-ring (bicyclic) bond motifs is 2. The summed E-state index contributed by atoms with van der Waals surface area (Å²) in [7, 11) is 0. The second-order valence-electron chi connectivity index (χ2n) is 6.22. The molecule has 0 aromatic heterocycles. The SMILES string of the molecule is CCCOC(=O)Oc1c2ccc(CC)cc2cc2ccc(CC)cc12. The minimum Gasteiger partial charge on any atom is -0.434 e. The van der Waals surface area contributed by atoms with Gasteiger partial charge in [-0.05, 0) is 53.3 Å². The topological polar surface area (TPSA) is 35.5 Å². The smallest absolute Gasteiger partial charge is 0.434 e. The van der Waals surface area contributed by atoms with Crippen LogP contribution >= 0.6 is 0 Å². The van der Waals surface area contributed by atoms with Crippen molar-refractivity contribution >= 4 is 27.7 Å². The molecule has 0 aliphatic rings. The van der Waals surface area contributed by atoms with Gasteiger partial charge in [-0.3, -0.25) is 0 Å². The summed E-state index contributed by atoms with van der Waals surface area (Å²) in [5, 5.41) is 4.03. The summed E-state index contributed by atoms with van der Waals surface area (Å²) in [6.07, 6.45) is 2.03. The Kier molecular flexibility index (Phi) is 5.22. The van der Waals surface area contributed by atoms with E-state index in [-0.39, 0.29) is 0 Å². The first kappa shape index (κ1) is 17.3. The standard InChI is InChI=1S/C22H24O3/c1-4-11-24-22(23)25-21-19-10-8-15(5-2)12-18(19)14-17-9-7-16(6-3)13-20(17)21/h7-10,12-14H,4-6,11H2,1-3H3. The largest absolute Gasteiger partial charge is 0.513 e. The molecule has 0 saturated carbocycles. The molecule has 0 amide bonds. The molecule has 0 N–H and O–H groups in total. The van der Waals surface area contributed by atoms with Gasteiger partial charge in [-0.2, -0.15) is 0 Å². The van der Waals surface area contributed by atoms with E-state index in [9.17, 15) is 4.79 Å². The van der Waals surface area contributed by atoms with Gasteiger partial charge in [-0.25, -0.2) is 4.79 Å². The first-order valence-electron chi connectivity index (χ1n) is 8.99. The van der Waals surface area contributed by atoms with Crippen LogP contribution in [0.1, 0.15) is 38.3 Å². The molecule has 0 aliphatic heterocycles. The first-order chi connectivity index (χ1) is 12.2. The second kappa shape index (κ2) is 7.56. The molecule has 0 saturated heterocycles. The minimum atomic E-state index is -0.642. The van der Waals surface area contributed by atoms with Crippen molar-refractivity contribution < 1.29 is 14.3 Å². The van der Waals surface area contributed by atoms with Gasteiger partial charge >= 0.3 is 6.16 Å². The van der Waals surface area contributed by atoms with Gasteiger partial charge in [-0.15, -0.1) is 0 Å². The van der Waals surface area contributed by atoms with Crippen LogP contribution < -0.4 is 4.74 Å². The average Bonchev–Trinajstić information content (AvgIpc) is 2.65. The Bertz CT molecular complexity index is 912. The van der Waals surface area contributed by atoms with Crippen molar-refractivity contribution in [3.63, 3.8) is 0 Å². The number of ether oxygens (including phenoxy) is 2. The molecule has 0 spiro atoms. The van der Waals surface area contributed by atoms with E-state index >= 15 is 0 Å². The Hall–Kier alpha value is -2.55. The van der Waals surface area contributed by atoms with Crippen LogP contribution in [0.25, 0.3) is 21.5 Å². The fourth-order valence-corrected chi connectivity index (χ4v) is 3.02. The van der Waals surface area contributed by atoms with E-state index in [1.807, 2.05) is 13.0 Å². The average molecular weight is 336 g/mol. The lowest BCUT2D eigenvalue weighted by molar-refractivity contribution is 0.100. The molecule has 0 heterocycles. The van der Waals surface area contributed by atoms with E-state index in [1.54, 1.807) is 0 Å². The summed E-state index contributed by atoms with van der Waals surface area (Å²) in [4.78, 5) is 12.1. The highest BCUT2D eigenvalue weighted by atomic mass is 16.7. The third-order valence-electron chi connectivity index (χ3n) is 4.46. The van der Waals surface area contributed by atoms with E-state index in [4.69, 9.17) is 9.47 Å². The molecule has 3 aromatic rings. The highest BCUT2D eigenvalue weighted by Gasteiger charge is 2.14. The van der Waals surface area contributed by atoms with E-state index in [1.165, 1.54) is 11.1 Å². The Morgan fingerprint density at radius 2 is 1.56 bits per heavy atom. The molecule has 0 fully saturated rings. The predicted octanol–water partition coefficient (Wildman–Crippen LogP) is 6.04. The Morgan fingerprint density at radius 1 is 0.840 bits per heavy atom. The zero-order valence-corrected chi connectivity index (χ0v) is 15.1. The van der Waals surface area contributed by atoms with E-state index in [0.29, 0.717) is 12.4 Å². The molecule has 3 heteroatoms. The summed E-state index contributed by atoms with van der Waals surface area (Å²) in [6.45, 7) is 6.57. The van der Waals surface area contributed by atoms with Crippen molar-refractivity contribution in [1.29, 1.82) is 0 Å². The summed E-state index contributed by atoms with van der Waals surface area (Å²) < 4.78 is 10.8. The van der Waals surface area contributed by atoms with Crippen LogP contribution in [0.3, 0.4) is 0 Å². The fraction of sp³-hybridized carbons (Fsp3) is 0.318. The van der Waals surface area contributed by atoms with Crippen LogP contribution in [-0.4, -0.2) is 12.8 Å². The van der Waals surface area contributed by atoms with Gasteiger partial charge in [0, 0.05) is 10.8 Å². The molecule has 0 bridgehead atoms. The van der Waals surface area contributed by atoms with Gasteiger partial charge in [0.25, 0.3) is 0 Å². The van der Waals surface area contributed by atoms with E-state index in [0.717, 1.165) is 40.8 Å². The highest BCUT2D eigenvalue weighted by Crippen LogP contribution is 2.36. The molecule has 0 aliphatic carbocycles. The van der Waals surface area contributed by atoms with Gasteiger partial charge < -0.3 is 9.47 Å². The highest BCUT2D eigenvalue weighted by molar-refractivity contribution is 6.06. The molecular weight excluding hydrogens is 312 g/mol. The molecule has 0 unspecified atom stereocenters. The van der Waals surface area contributed by atoms with Crippen molar-refractivity contribution in [3.8, 4) is 5.75 Å². The Balaban J connectivity index is 2.20. The maximum absolute atomic E-state index is 12.1. The van der Waals surface area contributed by atoms with Gasteiger partial charge in [0.1, 0.15) is 5.75 Å². The fourth-order valence-electron chi connectivity index (χ4n) is 3.02. The zero-order chi connectivity index (χ0) is 17.8. The zero-order valence-electron chi connectivity index (χ0n) is 15.1. The molecule has 25 heavy (non-hydrogen) atoms. The number of carbonyl (C=O) groups is 1.